The molecule has 1 unspecified atom stereocenters. The van der Waals surface area contributed by atoms with Crippen LogP contribution in [0.25, 0.3) is 0 Å². The van der Waals surface area contributed by atoms with Gasteiger partial charge in [0.25, 0.3) is 0 Å². The van der Waals surface area contributed by atoms with E-state index in [1.165, 1.54) is 0 Å². The molecule has 0 radical (unpaired) electrons. The van der Waals surface area contributed by atoms with Crippen molar-refractivity contribution in [3.63, 3.8) is 0 Å². The molecule has 1 aromatic carbocycles. The number of nitrogens with one attached hydrogen (secondary N) is 1. The van der Waals surface area contributed by atoms with Crippen LogP contribution in [0.4, 0.5) is 0 Å². The average Bonchev–Trinajstić information content (AvgIpc) is 2.22. The first-order valence-electron chi connectivity index (χ1n) is 4.77. The number of hydrogen-bond acceptors (Lipinski definition) is 3. The van der Waals surface area contributed by atoms with Crippen LogP contribution < -0.4 is 10.1 Å². The summed E-state index contributed by atoms with van der Waals surface area (Å²) >= 11 is 0. The number of ether oxygens (including phenoxy) is 1. The van der Waals surface area contributed by atoms with Gasteiger partial charge in [-0.1, -0.05) is 19.1 Å². The second-order valence-electron chi connectivity index (χ2n) is 3.15. The summed E-state index contributed by atoms with van der Waals surface area (Å²) in [5.41, 5.74) is 0.884. The van der Waals surface area contributed by atoms with E-state index in [-0.39, 0.29) is 11.8 Å². The summed E-state index contributed by atoms with van der Waals surface area (Å²) in [6.07, 6.45) is 0.928. The van der Waals surface area contributed by atoms with E-state index < -0.39 is 0 Å². The Balaban J connectivity index is 3.07. The van der Waals surface area contributed by atoms with Crippen molar-refractivity contribution in [3.05, 3.63) is 23.8 Å². The van der Waals surface area contributed by atoms with Gasteiger partial charge in [0.2, 0.25) is 0 Å². The standard InChI is InChI=1S/C11H17NO2/c1-4-9(12-2)8-6-5-7-10(14-3)11(8)13/h5-7,9,12-13H,4H2,1-3H3. The molecule has 0 aliphatic carbocycles. The molecule has 0 fully saturated rings. The van der Waals surface area contributed by atoms with Crippen LogP contribution in [0.15, 0.2) is 18.2 Å². The summed E-state index contributed by atoms with van der Waals surface area (Å²) in [5, 5.41) is 13.0. The van der Waals surface area contributed by atoms with Crippen molar-refractivity contribution >= 4 is 0 Å². The first kappa shape index (κ1) is 10.9. The molecule has 0 spiro atoms. The van der Waals surface area contributed by atoms with Gasteiger partial charge in [0.05, 0.1) is 7.11 Å². The summed E-state index contributed by atoms with van der Waals surface area (Å²) in [7, 11) is 3.44. The molecule has 14 heavy (non-hydrogen) atoms. The molecule has 0 saturated heterocycles. The number of phenols is 1. The summed E-state index contributed by atoms with van der Waals surface area (Å²) in [5.74, 6) is 0.757. The number of aromatic hydroxyl groups is 1. The van der Waals surface area contributed by atoms with Crippen molar-refractivity contribution in [2.24, 2.45) is 0 Å². The second kappa shape index (κ2) is 4.86. The number of benzene rings is 1. The van der Waals surface area contributed by atoms with Crippen molar-refractivity contribution in [2.45, 2.75) is 19.4 Å². The van der Waals surface area contributed by atoms with Crippen molar-refractivity contribution in [2.75, 3.05) is 14.2 Å². The fourth-order valence-corrected chi connectivity index (χ4v) is 1.56. The summed E-state index contributed by atoms with van der Waals surface area (Å²) < 4.78 is 5.05. The van der Waals surface area contributed by atoms with E-state index in [4.69, 9.17) is 4.74 Å². The minimum absolute atomic E-state index is 0.171. The van der Waals surface area contributed by atoms with E-state index >= 15 is 0 Å². The first-order valence-corrected chi connectivity index (χ1v) is 4.77. The lowest BCUT2D eigenvalue weighted by Gasteiger charge is -2.17. The summed E-state index contributed by atoms with van der Waals surface area (Å²) in [4.78, 5) is 0. The highest BCUT2D eigenvalue weighted by atomic mass is 16.5. The maximum atomic E-state index is 9.86. The molecular formula is C11H17NO2. The van der Waals surface area contributed by atoms with Crippen LogP contribution in [0.3, 0.4) is 0 Å². The van der Waals surface area contributed by atoms with Gasteiger partial charge in [-0.15, -0.1) is 0 Å². The molecule has 3 heteroatoms. The maximum Gasteiger partial charge on any atom is 0.162 e. The van der Waals surface area contributed by atoms with Crippen LogP contribution in [0.5, 0.6) is 11.5 Å². The third-order valence-corrected chi connectivity index (χ3v) is 2.38. The molecule has 0 saturated carbocycles. The van der Waals surface area contributed by atoms with E-state index in [1.54, 1.807) is 13.2 Å². The highest BCUT2D eigenvalue weighted by Gasteiger charge is 2.14. The van der Waals surface area contributed by atoms with Gasteiger partial charge in [-0.05, 0) is 19.5 Å². The zero-order chi connectivity index (χ0) is 10.6. The van der Waals surface area contributed by atoms with E-state index in [0.29, 0.717) is 5.75 Å². The molecule has 0 aliphatic heterocycles. The Kier molecular flexibility index (Phi) is 3.77. The third kappa shape index (κ3) is 1.99. The van der Waals surface area contributed by atoms with Gasteiger partial charge in [0.1, 0.15) is 0 Å². The van der Waals surface area contributed by atoms with Gasteiger partial charge in [-0.25, -0.2) is 0 Å². The first-order chi connectivity index (χ1) is 6.74. The van der Waals surface area contributed by atoms with E-state index in [2.05, 4.69) is 12.2 Å². The molecule has 0 aliphatic rings. The van der Waals surface area contributed by atoms with Gasteiger partial charge in [-0.3, -0.25) is 0 Å². The number of methoxy groups -OCH3 is 1. The molecule has 1 rings (SSSR count). The summed E-state index contributed by atoms with van der Waals surface area (Å²) in [6.45, 7) is 2.07. The minimum atomic E-state index is 0.171. The van der Waals surface area contributed by atoms with E-state index in [9.17, 15) is 5.11 Å². The van der Waals surface area contributed by atoms with Crippen LogP contribution in [0.2, 0.25) is 0 Å². The van der Waals surface area contributed by atoms with Gasteiger partial charge in [-0.2, -0.15) is 0 Å². The predicted octanol–water partition coefficient (Wildman–Crippen LogP) is 2.07. The van der Waals surface area contributed by atoms with Crippen LogP contribution in [-0.4, -0.2) is 19.3 Å². The van der Waals surface area contributed by atoms with Crippen molar-refractivity contribution in [1.82, 2.24) is 5.32 Å². The second-order valence-corrected chi connectivity index (χ2v) is 3.15. The van der Waals surface area contributed by atoms with E-state index in [0.717, 1.165) is 12.0 Å². The number of para-hydroxylation sites is 1. The largest absolute Gasteiger partial charge is 0.504 e. The Hall–Kier alpha value is -1.22. The predicted molar refractivity (Wildman–Crippen MR) is 56.8 cm³/mol. The molecule has 0 aromatic heterocycles. The van der Waals surface area contributed by atoms with Gasteiger partial charge in [0.15, 0.2) is 11.5 Å². The molecule has 1 aromatic rings. The molecule has 1 atom stereocenters. The zero-order valence-electron chi connectivity index (χ0n) is 8.87. The van der Waals surface area contributed by atoms with Crippen LogP contribution in [0.1, 0.15) is 24.9 Å². The number of phenolic OH excluding ortho intramolecular Hbond substituents is 1. The van der Waals surface area contributed by atoms with Gasteiger partial charge >= 0.3 is 0 Å². The SMILES string of the molecule is CCC(NC)c1cccc(OC)c1O. The highest BCUT2D eigenvalue weighted by Crippen LogP contribution is 2.34. The minimum Gasteiger partial charge on any atom is -0.504 e. The third-order valence-electron chi connectivity index (χ3n) is 2.38. The highest BCUT2D eigenvalue weighted by molar-refractivity contribution is 5.46. The van der Waals surface area contributed by atoms with E-state index in [1.807, 2.05) is 19.2 Å². The maximum absolute atomic E-state index is 9.86. The van der Waals surface area contributed by atoms with Gasteiger partial charge in [0, 0.05) is 11.6 Å². The van der Waals surface area contributed by atoms with Crippen molar-refractivity contribution < 1.29 is 9.84 Å². The quantitative estimate of drug-likeness (QED) is 0.772. The van der Waals surface area contributed by atoms with Gasteiger partial charge < -0.3 is 15.2 Å². The molecule has 0 heterocycles. The zero-order valence-corrected chi connectivity index (χ0v) is 8.87. The monoisotopic (exact) mass is 195 g/mol. The number of rotatable bonds is 4. The van der Waals surface area contributed by atoms with Crippen LogP contribution in [0, 0.1) is 0 Å². The Morgan fingerprint density at radius 1 is 1.50 bits per heavy atom. The van der Waals surface area contributed by atoms with Crippen molar-refractivity contribution in [3.8, 4) is 11.5 Å². The lowest BCUT2D eigenvalue weighted by atomic mass is 10.0. The summed E-state index contributed by atoms with van der Waals surface area (Å²) in [6, 6.07) is 5.71. The molecule has 78 valence electrons. The molecule has 0 bridgehead atoms. The topological polar surface area (TPSA) is 41.5 Å². The molecule has 2 N–H and O–H groups in total. The van der Waals surface area contributed by atoms with Crippen LogP contribution in [-0.2, 0) is 0 Å². The van der Waals surface area contributed by atoms with Crippen molar-refractivity contribution in [1.29, 1.82) is 0 Å². The average molecular weight is 195 g/mol. The Morgan fingerprint density at radius 2 is 2.21 bits per heavy atom. The fraction of sp³-hybridized carbons (Fsp3) is 0.455. The lowest BCUT2D eigenvalue weighted by Crippen LogP contribution is -2.15. The lowest BCUT2D eigenvalue weighted by molar-refractivity contribution is 0.366. The molecular weight excluding hydrogens is 178 g/mol. The fourth-order valence-electron chi connectivity index (χ4n) is 1.56. The van der Waals surface area contributed by atoms with Crippen LogP contribution >= 0.6 is 0 Å². The number of hydrogen-bond donors (Lipinski definition) is 2. The Bertz CT molecular complexity index is 295. The smallest absolute Gasteiger partial charge is 0.162 e. The molecule has 0 amide bonds. The Labute approximate surface area is 84.7 Å². The Morgan fingerprint density at radius 3 is 2.71 bits per heavy atom. The normalized spacial score (nSPS) is 12.5. The molecule has 3 nitrogen and oxygen atoms in total.